The van der Waals surface area contributed by atoms with Crippen molar-refractivity contribution in [3.8, 4) is 0 Å². The van der Waals surface area contributed by atoms with E-state index in [-0.39, 0.29) is 5.97 Å². The number of aliphatic imine (C=N–C) groups is 1. The lowest BCUT2D eigenvalue weighted by Gasteiger charge is -2.21. The number of hydrogen-bond donors (Lipinski definition) is 2. The number of nitrogens with zero attached hydrogens (tertiary/aromatic N) is 1. The van der Waals surface area contributed by atoms with Crippen LogP contribution in [0.4, 0.5) is 0 Å². The summed E-state index contributed by atoms with van der Waals surface area (Å²) in [6.07, 6.45) is 10.1. The summed E-state index contributed by atoms with van der Waals surface area (Å²) in [5.41, 5.74) is 0. The fourth-order valence-corrected chi connectivity index (χ4v) is 2.78. The second kappa shape index (κ2) is 14.1. The zero-order valence-electron chi connectivity index (χ0n) is 15.4. The molecule has 0 spiro atoms. The lowest BCUT2D eigenvalue weighted by molar-refractivity contribution is -0.140. The summed E-state index contributed by atoms with van der Waals surface area (Å²) < 4.78 is 10.5. The van der Waals surface area contributed by atoms with Gasteiger partial charge in [0.1, 0.15) is 0 Å². The van der Waals surface area contributed by atoms with E-state index in [1.54, 1.807) is 0 Å². The summed E-state index contributed by atoms with van der Waals surface area (Å²) in [6, 6.07) is 0. The average molecular weight is 341 g/mol. The van der Waals surface area contributed by atoms with Crippen molar-refractivity contribution in [3.63, 3.8) is 0 Å². The highest BCUT2D eigenvalue weighted by molar-refractivity contribution is 5.79. The molecule has 24 heavy (non-hydrogen) atoms. The van der Waals surface area contributed by atoms with Crippen LogP contribution in [0, 0.1) is 0 Å². The minimum Gasteiger partial charge on any atom is -0.469 e. The van der Waals surface area contributed by atoms with E-state index in [4.69, 9.17) is 4.74 Å². The number of methoxy groups -OCH3 is 1. The summed E-state index contributed by atoms with van der Waals surface area (Å²) >= 11 is 0. The molecule has 0 aromatic carbocycles. The van der Waals surface area contributed by atoms with E-state index in [0.717, 1.165) is 51.5 Å². The molecule has 0 aromatic heterocycles. The molecule has 1 rings (SSSR count). The van der Waals surface area contributed by atoms with Gasteiger partial charge in [-0.1, -0.05) is 19.3 Å². The molecule has 1 fully saturated rings. The highest BCUT2D eigenvalue weighted by atomic mass is 16.5. The summed E-state index contributed by atoms with van der Waals surface area (Å²) in [4.78, 5) is 15.6. The minimum absolute atomic E-state index is 0.145. The largest absolute Gasteiger partial charge is 0.469 e. The fourth-order valence-electron chi connectivity index (χ4n) is 2.78. The lowest BCUT2D eigenvalue weighted by Crippen LogP contribution is -2.38. The number of carbonyl (C=O) groups excluding carboxylic acids is 1. The SMILES string of the molecule is CCNC(=NCCCOC1CCCCC1)NCCCCC(=O)OC. The molecule has 2 N–H and O–H groups in total. The second-order valence-corrected chi connectivity index (χ2v) is 6.21. The highest BCUT2D eigenvalue weighted by Gasteiger charge is 2.12. The lowest BCUT2D eigenvalue weighted by atomic mass is 9.98. The monoisotopic (exact) mass is 341 g/mol. The van der Waals surface area contributed by atoms with Crippen molar-refractivity contribution >= 4 is 11.9 Å². The van der Waals surface area contributed by atoms with Gasteiger partial charge in [-0.15, -0.1) is 0 Å². The Balaban J connectivity index is 2.09. The maximum atomic E-state index is 11.0. The van der Waals surface area contributed by atoms with Crippen molar-refractivity contribution in [2.24, 2.45) is 4.99 Å². The van der Waals surface area contributed by atoms with E-state index in [0.29, 0.717) is 12.5 Å². The smallest absolute Gasteiger partial charge is 0.305 e. The van der Waals surface area contributed by atoms with Gasteiger partial charge in [0.15, 0.2) is 5.96 Å². The molecule has 1 aliphatic carbocycles. The number of guanidine groups is 1. The third-order valence-corrected chi connectivity index (χ3v) is 4.15. The fraction of sp³-hybridized carbons (Fsp3) is 0.889. The topological polar surface area (TPSA) is 72.0 Å². The second-order valence-electron chi connectivity index (χ2n) is 6.21. The van der Waals surface area contributed by atoms with E-state index in [9.17, 15) is 4.79 Å². The number of ether oxygens (including phenoxy) is 2. The van der Waals surface area contributed by atoms with Crippen LogP contribution in [-0.4, -0.2) is 51.4 Å². The molecular weight excluding hydrogens is 306 g/mol. The molecule has 1 saturated carbocycles. The Morgan fingerprint density at radius 3 is 2.62 bits per heavy atom. The number of carbonyl (C=O) groups is 1. The molecule has 1 aliphatic rings. The van der Waals surface area contributed by atoms with E-state index in [2.05, 4.69) is 27.3 Å². The summed E-state index contributed by atoms with van der Waals surface area (Å²) in [6.45, 7) is 5.27. The highest BCUT2D eigenvalue weighted by Crippen LogP contribution is 2.20. The Labute approximate surface area is 146 Å². The molecule has 6 heteroatoms. The van der Waals surface area contributed by atoms with Gasteiger partial charge < -0.3 is 20.1 Å². The normalized spacial score (nSPS) is 16.0. The summed E-state index contributed by atoms with van der Waals surface area (Å²) in [5, 5.41) is 6.54. The van der Waals surface area contributed by atoms with Gasteiger partial charge in [-0.2, -0.15) is 0 Å². The molecule has 0 atom stereocenters. The third-order valence-electron chi connectivity index (χ3n) is 4.15. The quantitative estimate of drug-likeness (QED) is 0.262. The molecular formula is C18H35N3O3. The maximum absolute atomic E-state index is 11.0. The van der Waals surface area contributed by atoms with E-state index >= 15 is 0 Å². The molecule has 0 unspecified atom stereocenters. The van der Waals surface area contributed by atoms with E-state index in [1.807, 2.05) is 0 Å². The molecule has 0 bridgehead atoms. The third kappa shape index (κ3) is 10.5. The first-order valence-corrected chi connectivity index (χ1v) is 9.46. The van der Waals surface area contributed by atoms with Gasteiger partial charge in [-0.05, 0) is 39.0 Å². The zero-order chi connectivity index (χ0) is 17.5. The Kier molecular flexibility index (Phi) is 12.2. The van der Waals surface area contributed by atoms with E-state index < -0.39 is 0 Å². The number of nitrogens with one attached hydrogen (secondary N) is 2. The van der Waals surface area contributed by atoms with Crippen LogP contribution in [0.25, 0.3) is 0 Å². The average Bonchev–Trinajstić information content (AvgIpc) is 2.61. The molecule has 140 valence electrons. The minimum atomic E-state index is -0.145. The van der Waals surface area contributed by atoms with Crippen molar-refractivity contribution in [2.75, 3.05) is 33.4 Å². The van der Waals surface area contributed by atoms with Gasteiger partial charge in [-0.25, -0.2) is 0 Å². The molecule has 0 amide bonds. The van der Waals surface area contributed by atoms with Crippen molar-refractivity contribution < 1.29 is 14.3 Å². The van der Waals surface area contributed by atoms with Crippen molar-refractivity contribution in [1.82, 2.24) is 10.6 Å². The Morgan fingerprint density at radius 1 is 1.12 bits per heavy atom. The number of esters is 1. The van der Waals surface area contributed by atoms with Crippen LogP contribution in [0.1, 0.15) is 64.7 Å². The number of rotatable bonds is 11. The summed E-state index contributed by atoms with van der Waals surface area (Å²) in [5.74, 6) is 0.696. The van der Waals surface area contributed by atoms with Crippen molar-refractivity contribution in [2.45, 2.75) is 70.8 Å². The Bertz CT molecular complexity index is 355. The summed E-state index contributed by atoms with van der Waals surface area (Å²) in [7, 11) is 1.43. The predicted octanol–water partition coefficient (Wildman–Crippen LogP) is 2.62. The van der Waals surface area contributed by atoms with Gasteiger partial charge in [0.2, 0.25) is 0 Å². The zero-order valence-corrected chi connectivity index (χ0v) is 15.4. The molecule has 0 aromatic rings. The van der Waals surface area contributed by atoms with Crippen LogP contribution in [0.15, 0.2) is 4.99 Å². The van der Waals surface area contributed by atoms with E-state index in [1.165, 1.54) is 39.2 Å². The molecule has 0 aliphatic heterocycles. The van der Waals surface area contributed by atoms with Crippen molar-refractivity contribution in [3.05, 3.63) is 0 Å². The number of unbranched alkanes of at least 4 members (excludes halogenated alkanes) is 1. The first-order chi connectivity index (χ1) is 11.8. The van der Waals surface area contributed by atoms with Crippen LogP contribution < -0.4 is 10.6 Å². The van der Waals surface area contributed by atoms with Gasteiger partial charge >= 0.3 is 5.97 Å². The molecule has 6 nitrogen and oxygen atoms in total. The molecule has 0 radical (unpaired) electrons. The maximum Gasteiger partial charge on any atom is 0.305 e. The van der Waals surface area contributed by atoms with Crippen LogP contribution >= 0.6 is 0 Å². The van der Waals surface area contributed by atoms with Gasteiger partial charge in [-0.3, -0.25) is 9.79 Å². The Morgan fingerprint density at radius 2 is 1.92 bits per heavy atom. The van der Waals surface area contributed by atoms with Crippen LogP contribution in [-0.2, 0) is 14.3 Å². The van der Waals surface area contributed by atoms with Gasteiger partial charge in [0.05, 0.1) is 13.2 Å². The Hall–Kier alpha value is -1.30. The van der Waals surface area contributed by atoms with Crippen LogP contribution in [0.3, 0.4) is 0 Å². The number of hydrogen-bond acceptors (Lipinski definition) is 4. The van der Waals surface area contributed by atoms with Gasteiger partial charge in [0.25, 0.3) is 0 Å². The first kappa shape index (κ1) is 20.7. The van der Waals surface area contributed by atoms with Gasteiger partial charge in [0, 0.05) is 32.7 Å². The first-order valence-electron chi connectivity index (χ1n) is 9.46. The van der Waals surface area contributed by atoms with Crippen molar-refractivity contribution in [1.29, 1.82) is 0 Å². The molecule has 0 saturated heterocycles. The molecule has 0 heterocycles. The van der Waals surface area contributed by atoms with Crippen LogP contribution in [0.5, 0.6) is 0 Å². The standard InChI is InChI=1S/C18H35N3O3/c1-3-19-18(20-13-8-7-12-17(22)23-2)21-14-9-15-24-16-10-5-4-6-11-16/h16H,3-15H2,1-2H3,(H2,19,20,21). The predicted molar refractivity (Wildman–Crippen MR) is 97.3 cm³/mol. The van der Waals surface area contributed by atoms with Crippen LogP contribution in [0.2, 0.25) is 0 Å².